The molecule has 1 atom stereocenters. The lowest BCUT2D eigenvalue weighted by Crippen LogP contribution is -2.46. The zero-order valence-corrected chi connectivity index (χ0v) is 13.1. The fraction of sp³-hybridized carbons (Fsp3) is 0.412. The molecule has 1 aromatic heterocycles. The summed E-state index contributed by atoms with van der Waals surface area (Å²) in [6.07, 6.45) is 7.31. The lowest BCUT2D eigenvalue weighted by atomic mass is 9.99. The number of aliphatic hydroxyl groups is 1. The molecule has 6 nitrogen and oxygen atoms in total. The Balaban J connectivity index is 1.63. The predicted octanol–water partition coefficient (Wildman–Crippen LogP) is 1.79. The van der Waals surface area contributed by atoms with Crippen molar-refractivity contribution in [3.8, 4) is 5.69 Å². The van der Waals surface area contributed by atoms with E-state index >= 15 is 0 Å². The van der Waals surface area contributed by atoms with E-state index in [9.17, 15) is 9.90 Å². The lowest BCUT2D eigenvalue weighted by molar-refractivity contribution is 0.129. The maximum atomic E-state index is 12.3. The van der Waals surface area contributed by atoms with Gasteiger partial charge in [-0.2, -0.15) is 0 Å². The average Bonchev–Trinajstić information content (AvgIpc) is 3.14. The fourth-order valence-electron chi connectivity index (χ4n) is 3.00. The molecule has 1 aliphatic rings. The van der Waals surface area contributed by atoms with Crippen molar-refractivity contribution >= 4 is 6.03 Å². The number of hydrogen-bond acceptors (Lipinski definition) is 3. The van der Waals surface area contributed by atoms with Gasteiger partial charge in [0.2, 0.25) is 0 Å². The van der Waals surface area contributed by atoms with E-state index in [1.165, 1.54) is 0 Å². The number of benzene rings is 1. The SMILES string of the molecule is O=C(NCc1ccccc1-n1ccnc1)N1CCCC(CO)C1. The minimum Gasteiger partial charge on any atom is -0.396 e. The van der Waals surface area contributed by atoms with Crippen LogP contribution in [0.1, 0.15) is 18.4 Å². The van der Waals surface area contributed by atoms with Crippen molar-refractivity contribution in [1.82, 2.24) is 19.8 Å². The molecule has 2 N–H and O–H groups in total. The molecule has 1 unspecified atom stereocenters. The van der Waals surface area contributed by atoms with Crippen LogP contribution in [0, 0.1) is 5.92 Å². The summed E-state index contributed by atoms with van der Waals surface area (Å²) in [6, 6.07) is 7.87. The second kappa shape index (κ2) is 7.28. The summed E-state index contributed by atoms with van der Waals surface area (Å²) in [6.45, 7) is 2.00. The van der Waals surface area contributed by atoms with Crippen molar-refractivity contribution < 1.29 is 9.90 Å². The molecular formula is C17H22N4O2. The Labute approximate surface area is 135 Å². The van der Waals surface area contributed by atoms with Crippen LogP contribution < -0.4 is 5.32 Å². The van der Waals surface area contributed by atoms with Crippen LogP contribution in [0.25, 0.3) is 5.69 Å². The first-order valence-electron chi connectivity index (χ1n) is 7.98. The van der Waals surface area contributed by atoms with Gasteiger partial charge in [-0.25, -0.2) is 9.78 Å². The number of aliphatic hydroxyl groups excluding tert-OH is 1. The van der Waals surface area contributed by atoms with Gasteiger partial charge in [0.15, 0.2) is 0 Å². The number of para-hydroxylation sites is 1. The van der Waals surface area contributed by atoms with E-state index in [0.29, 0.717) is 13.1 Å². The van der Waals surface area contributed by atoms with Crippen molar-refractivity contribution in [2.24, 2.45) is 5.92 Å². The molecule has 0 aliphatic carbocycles. The number of imidazole rings is 1. The van der Waals surface area contributed by atoms with Gasteiger partial charge in [-0.05, 0) is 30.4 Å². The van der Waals surface area contributed by atoms with E-state index in [1.54, 1.807) is 17.4 Å². The molecule has 1 fully saturated rings. The number of likely N-dealkylation sites (tertiary alicyclic amines) is 1. The fourth-order valence-corrected chi connectivity index (χ4v) is 3.00. The minimum absolute atomic E-state index is 0.0661. The van der Waals surface area contributed by atoms with E-state index in [-0.39, 0.29) is 18.6 Å². The third-order valence-electron chi connectivity index (χ3n) is 4.27. The predicted molar refractivity (Wildman–Crippen MR) is 87.2 cm³/mol. The molecular weight excluding hydrogens is 292 g/mol. The van der Waals surface area contributed by atoms with Gasteiger partial charge in [0.05, 0.1) is 12.0 Å². The van der Waals surface area contributed by atoms with E-state index < -0.39 is 0 Å². The molecule has 1 aliphatic heterocycles. The molecule has 1 saturated heterocycles. The van der Waals surface area contributed by atoms with Crippen molar-refractivity contribution in [3.05, 3.63) is 48.5 Å². The summed E-state index contributed by atoms with van der Waals surface area (Å²) in [4.78, 5) is 18.2. The van der Waals surface area contributed by atoms with Crippen LogP contribution in [0.2, 0.25) is 0 Å². The molecule has 1 aromatic carbocycles. The summed E-state index contributed by atoms with van der Waals surface area (Å²) < 4.78 is 1.93. The molecule has 2 aromatic rings. The van der Waals surface area contributed by atoms with Crippen LogP contribution in [0.5, 0.6) is 0 Å². The highest BCUT2D eigenvalue weighted by Crippen LogP contribution is 2.17. The van der Waals surface area contributed by atoms with Crippen LogP contribution in [0.15, 0.2) is 43.0 Å². The van der Waals surface area contributed by atoms with E-state index in [4.69, 9.17) is 0 Å². The molecule has 0 saturated carbocycles. The number of amides is 2. The van der Waals surface area contributed by atoms with Gasteiger partial charge >= 0.3 is 6.03 Å². The maximum absolute atomic E-state index is 12.3. The van der Waals surface area contributed by atoms with Gasteiger partial charge in [-0.15, -0.1) is 0 Å². The largest absolute Gasteiger partial charge is 0.396 e. The number of aromatic nitrogens is 2. The summed E-state index contributed by atoms with van der Waals surface area (Å²) in [5.74, 6) is 0.202. The Morgan fingerprint density at radius 2 is 2.26 bits per heavy atom. The topological polar surface area (TPSA) is 70.4 Å². The number of piperidine rings is 1. The molecule has 3 rings (SSSR count). The highest BCUT2D eigenvalue weighted by atomic mass is 16.3. The Kier molecular flexibility index (Phi) is 4.92. The second-order valence-electron chi connectivity index (χ2n) is 5.89. The molecule has 23 heavy (non-hydrogen) atoms. The highest BCUT2D eigenvalue weighted by molar-refractivity contribution is 5.74. The number of carbonyl (C=O) groups excluding carboxylic acids is 1. The van der Waals surface area contributed by atoms with Gasteiger partial charge in [-0.3, -0.25) is 0 Å². The third kappa shape index (κ3) is 3.71. The van der Waals surface area contributed by atoms with Crippen LogP contribution in [-0.4, -0.2) is 45.3 Å². The number of carbonyl (C=O) groups is 1. The number of rotatable bonds is 4. The van der Waals surface area contributed by atoms with Gasteiger partial charge in [-0.1, -0.05) is 18.2 Å². The molecule has 0 radical (unpaired) electrons. The van der Waals surface area contributed by atoms with Gasteiger partial charge < -0.3 is 19.9 Å². The monoisotopic (exact) mass is 314 g/mol. The Hall–Kier alpha value is -2.34. The van der Waals surface area contributed by atoms with Gasteiger partial charge in [0.1, 0.15) is 0 Å². The van der Waals surface area contributed by atoms with Gasteiger partial charge in [0.25, 0.3) is 0 Å². The third-order valence-corrected chi connectivity index (χ3v) is 4.27. The lowest BCUT2D eigenvalue weighted by Gasteiger charge is -2.31. The molecule has 0 bridgehead atoms. The van der Waals surface area contributed by atoms with Crippen molar-refractivity contribution in [2.75, 3.05) is 19.7 Å². The van der Waals surface area contributed by atoms with E-state index in [2.05, 4.69) is 10.3 Å². The number of nitrogens with zero attached hydrogens (tertiary/aromatic N) is 3. The molecule has 2 heterocycles. The molecule has 0 spiro atoms. The Bertz CT molecular complexity index is 642. The Morgan fingerprint density at radius 1 is 1.39 bits per heavy atom. The van der Waals surface area contributed by atoms with E-state index in [1.807, 2.05) is 35.0 Å². The molecule has 2 amide bonds. The first kappa shape index (κ1) is 15.6. The van der Waals surface area contributed by atoms with Crippen LogP contribution in [-0.2, 0) is 6.54 Å². The average molecular weight is 314 g/mol. The summed E-state index contributed by atoms with van der Waals surface area (Å²) in [5, 5.41) is 12.3. The summed E-state index contributed by atoms with van der Waals surface area (Å²) in [5.41, 5.74) is 2.05. The highest BCUT2D eigenvalue weighted by Gasteiger charge is 2.22. The zero-order chi connectivity index (χ0) is 16.1. The summed E-state index contributed by atoms with van der Waals surface area (Å²) >= 11 is 0. The molecule has 122 valence electrons. The first-order chi connectivity index (χ1) is 11.3. The van der Waals surface area contributed by atoms with Crippen LogP contribution in [0.4, 0.5) is 4.79 Å². The van der Waals surface area contributed by atoms with Crippen molar-refractivity contribution in [3.63, 3.8) is 0 Å². The van der Waals surface area contributed by atoms with Crippen LogP contribution >= 0.6 is 0 Å². The number of urea groups is 1. The minimum atomic E-state index is -0.0661. The van der Waals surface area contributed by atoms with Crippen molar-refractivity contribution in [2.45, 2.75) is 19.4 Å². The number of nitrogens with one attached hydrogen (secondary N) is 1. The number of hydrogen-bond donors (Lipinski definition) is 2. The standard InChI is InChI=1S/C17H22N4O2/c22-12-14-4-3-8-20(11-14)17(23)19-10-15-5-1-2-6-16(15)21-9-7-18-13-21/h1-2,5-7,9,13-14,22H,3-4,8,10-12H2,(H,19,23). The van der Waals surface area contributed by atoms with Crippen LogP contribution in [0.3, 0.4) is 0 Å². The Morgan fingerprint density at radius 3 is 3.04 bits per heavy atom. The van der Waals surface area contributed by atoms with Crippen molar-refractivity contribution in [1.29, 1.82) is 0 Å². The van der Waals surface area contributed by atoms with E-state index in [0.717, 1.165) is 30.6 Å². The normalized spacial score (nSPS) is 18.0. The zero-order valence-electron chi connectivity index (χ0n) is 13.1. The molecule has 6 heteroatoms. The quantitative estimate of drug-likeness (QED) is 0.904. The second-order valence-corrected chi connectivity index (χ2v) is 5.89. The first-order valence-corrected chi connectivity index (χ1v) is 7.98. The summed E-state index contributed by atoms with van der Waals surface area (Å²) in [7, 11) is 0. The van der Waals surface area contributed by atoms with Gasteiger partial charge in [0, 0.05) is 38.6 Å². The maximum Gasteiger partial charge on any atom is 0.317 e. The smallest absolute Gasteiger partial charge is 0.317 e.